The van der Waals surface area contributed by atoms with Crippen molar-refractivity contribution in [2.45, 2.75) is 19.9 Å². The van der Waals surface area contributed by atoms with E-state index in [-0.39, 0.29) is 6.04 Å². The second-order valence-corrected chi connectivity index (χ2v) is 7.48. The van der Waals surface area contributed by atoms with Crippen molar-refractivity contribution >= 4 is 22.8 Å². The molecule has 6 nitrogen and oxygen atoms in total. The van der Waals surface area contributed by atoms with Gasteiger partial charge in [-0.1, -0.05) is 54.6 Å². The van der Waals surface area contributed by atoms with Crippen LogP contribution in [0.4, 0.5) is 0 Å². The summed E-state index contributed by atoms with van der Waals surface area (Å²) in [5, 5.41) is 12.9. The zero-order valence-electron chi connectivity index (χ0n) is 18.0. The first-order valence-corrected chi connectivity index (χ1v) is 10.2. The van der Waals surface area contributed by atoms with E-state index in [1.807, 2.05) is 47.5 Å². The second-order valence-electron chi connectivity index (χ2n) is 7.48. The Labute approximate surface area is 182 Å². The van der Waals surface area contributed by atoms with Crippen LogP contribution in [0.5, 0.6) is 5.75 Å². The summed E-state index contributed by atoms with van der Waals surface area (Å²) in [5.41, 5.74) is 3.96. The fourth-order valence-electron chi connectivity index (χ4n) is 3.31. The van der Waals surface area contributed by atoms with Crippen molar-refractivity contribution in [3.8, 4) is 5.75 Å². The predicted octanol–water partition coefficient (Wildman–Crippen LogP) is 4.69. The molecule has 0 bridgehead atoms. The van der Waals surface area contributed by atoms with Gasteiger partial charge in [-0.05, 0) is 48.6 Å². The van der Waals surface area contributed by atoms with E-state index in [1.54, 1.807) is 24.7 Å². The highest BCUT2D eigenvalue weighted by atomic mass is 16.7. The minimum absolute atomic E-state index is 0.196. The molecule has 3 aromatic carbocycles. The Morgan fingerprint density at radius 1 is 1.06 bits per heavy atom. The van der Waals surface area contributed by atoms with Crippen molar-refractivity contribution in [1.82, 2.24) is 10.5 Å². The molecule has 0 unspecified atom stereocenters. The summed E-state index contributed by atoms with van der Waals surface area (Å²) in [6.45, 7) is 5.08. The van der Waals surface area contributed by atoms with Crippen LogP contribution in [0.3, 0.4) is 0 Å². The van der Waals surface area contributed by atoms with Crippen molar-refractivity contribution in [1.29, 1.82) is 0 Å². The first-order chi connectivity index (χ1) is 15.0. The Bertz CT molecular complexity index is 1040. The molecule has 2 N–H and O–H groups in total. The monoisotopic (exact) mass is 420 g/mol. The highest BCUT2D eigenvalue weighted by molar-refractivity contribution is 5.93. The fourth-order valence-corrected chi connectivity index (χ4v) is 3.31. The van der Waals surface area contributed by atoms with Crippen molar-refractivity contribution in [2.75, 3.05) is 20.3 Å². The number of ether oxygens (including phenoxy) is 1. The van der Waals surface area contributed by atoms with E-state index >= 15 is 0 Å². The van der Waals surface area contributed by atoms with Crippen molar-refractivity contribution < 1.29 is 19.6 Å². The number of fused-ring (bicyclic) bond motifs is 1. The number of amides is 1. The Morgan fingerprint density at radius 3 is 2.45 bits per heavy atom. The van der Waals surface area contributed by atoms with Crippen LogP contribution in [-0.2, 0) is 4.84 Å². The summed E-state index contributed by atoms with van der Waals surface area (Å²) in [6.07, 6.45) is 2.03. The van der Waals surface area contributed by atoms with Gasteiger partial charge in [0.25, 0.3) is 5.91 Å². The molecule has 3 rings (SSSR count). The lowest BCUT2D eigenvalue weighted by atomic mass is 10.1. The van der Waals surface area contributed by atoms with Gasteiger partial charge in [-0.3, -0.25) is 10.0 Å². The number of rotatable bonds is 9. The van der Waals surface area contributed by atoms with Gasteiger partial charge >= 0.3 is 0 Å². The normalized spacial score (nSPS) is 11.9. The minimum Gasteiger partial charge on any atom is -0.489 e. The van der Waals surface area contributed by atoms with E-state index in [9.17, 15) is 4.79 Å². The molecule has 0 radical (unpaired) electrons. The van der Waals surface area contributed by atoms with E-state index in [0.29, 0.717) is 18.7 Å². The highest BCUT2D eigenvalue weighted by Gasteiger charge is 2.13. The number of hydrogen-bond donors (Lipinski definition) is 2. The van der Waals surface area contributed by atoms with Crippen molar-refractivity contribution in [2.24, 2.45) is 0 Å². The largest absolute Gasteiger partial charge is 0.489 e. The molecular formula is C25H28N2O4. The molecule has 6 heteroatoms. The lowest BCUT2D eigenvalue weighted by molar-refractivity contribution is -0.147. The smallest absolute Gasteiger partial charge is 0.274 e. The number of hydroxylamine groups is 3. The van der Waals surface area contributed by atoms with Gasteiger partial charge in [-0.2, -0.15) is 5.06 Å². The molecule has 0 heterocycles. The van der Waals surface area contributed by atoms with Gasteiger partial charge in [0.05, 0.1) is 7.11 Å². The zero-order valence-corrected chi connectivity index (χ0v) is 18.0. The van der Waals surface area contributed by atoms with Gasteiger partial charge in [-0.15, -0.1) is 0 Å². The lowest BCUT2D eigenvalue weighted by Gasteiger charge is -2.25. The SMILES string of the molecule is CON(C/C(=C/c1ccc(C(=O)NO)cc1)COc1cccc2ccccc12)C(C)C. The number of nitrogens with zero attached hydrogens (tertiary/aromatic N) is 1. The number of nitrogens with one attached hydrogen (secondary N) is 1. The quantitative estimate of drug-likeness (QED) is 0.388. The second kappa shape index (κ2) is 10.7. The van der Waals surface area contributed by atoms with Crippen LogP contribution in [-0.4, -0.2) is 42.5 Å². The average Bonchev–Trinajstić information content (AvgIpc) is 2.80. The number of carbonyl (C=O) groups is 1. The van der Waals surface area contributed by atoms with Crippen LogP contribution in [0.25, 0.3) is 16.8 Å². The van der Waals surface area contributed by atoms with Crippen molar-refractivity contribution in [3.05, 3.63) is 83.4 Å². The summed E-state index contributed by atoms with van der Waals surface area (Å²) in [6, 6.07) is 21.3. The third-order valence-corrected chi connectivity index (χ3v) is 4.98. The van der Waals surface area contributed by atoms with Gasteiger partial charge in [0.2, 0.25) is 0 Å². The van der Waals surface area contributed by atoms with Gasteiger partial charge < -0.3 is 9.57 Å². The number of hydrogen-bond acceptors (Lipinski definition) is 5. The number of benzene rings is 3. The molecule has 3 aromatic rings. The summed E-state index contributed by atoms with van der Waals surface area (Å²) in [5.74, 6) is 0.285. The summed E-state index contributed by atoms with van der Waals surface area (Å²) in [7, 11) is 1.66. The first kappa shape index (κ1) is 22.5. The Hall–Kier alpha value is -3.19. The van der Waals surface area contributed by atoms with Crippen molar-refractivity contribution in [3.63, 3.8) is 0 Å². The molecule has 1 amide bonds. The van der Waals surface area contributed by atoms with E-state index in [2.05, 4.69) is 32.0 Å². The summed E-state index contributed by atoms with van der Waals surface area (Å²) in [4.78, 5) is 17.1. The van der Waals surface area contributed by atoms with Gasteiger partial charge in [0.15, 0.2) is 0 Å². The minimum atomic E-state index is -0.541. The van der Waals surface area contributed by atoms with Crippen LogP contribution in [0.1, 0.15) is 29.8 Å². The highest BCUT2D eigenvalue weighted by Crippen LogP contribution is 2.26. The molecule has 0 saturated carbocycles. The van der Waals surface area contributed by atoms with Gasteiger partial charge in [-0.25, -0.2) is 5.48 Å². The maximum atomic E-state index is 11.6. The van der Waals surface area contributed by atoms with E-state index in [0.717, 1.165) is 27.7 Å². The molecule has 0 aromatic heterocycles. The molecule has 0 fully saturated rings. The molecule has 0 aliphatic rings. The molecule has 31 heavy (non-hydrogen) atoms. The molecule has 0 aliphatic carbocycles. The Morgan fingerprint density at radius 2 is 1.77 bits per heavy atom. The van der Waals surface area contributed by atoms with E-state index in [1.165, 1.54) is 0 Å². The fraction of sp³-hybridized carbons (Fsp3) is 0.240. The Balaban J connectivity index is 1.85. The Kier molecular flexibility index (Phi) is 7.78. The van der Waals surface area contributed by atoms with Crippen LogP contribution in [0.2, 0.25) is 0 Å². The number of carbonyl (C=O) groups excluding carboxylic acids is 1. The van der Waals surface area contributed by atoms with Crippen LogP contribution < -0.4 is 10.2 Å². The molecular weight excluding hydrogens is 392 g/mol. The molecule has 0 atom stereocenters. The van der Waals surface area contributed by atoms with Crippen LogP contribution in [0.15, 0.2) is 72.3 Å². The van der Waals surface area contributed by atoms with E-state index < -0.39 is 5.91 Å². The van der Waals surface area contributed by atoms with Gasteiger partial charge in [0.1, 0.15) is 12.4 Å². The van der Waals surface area contributed by atoms with Gasteiger partial charge in [0, 0.05) is 23.5 Å². The maximum Gasteiger partial charge on any atom is 0.274 e. The summed E-state index contributed by atoms with van der Waals surface area (Å²) < 4.78 is 6.21. The third kappa shape index (κ3) is 5.92. The third-order valence-electron chi connectivity index (χ3n) is 4.98. The van der Waals surface area contributed by atoms with E-state index in [4.69, 9.17) is 14.8 Å². The average molecular weight is 421 g/mol. The molecule has 162 valence electrons. The summed E-state index contributed by atoms with van der Waals surface area (Å²) >= 11 is 0. The standard InChI is InChI=1S/C25H28N2O4/c1-18(2)27(30-3)16-20(15-19-11-13-22(14-12-19)25(28)26-29)17-31-24-10-6-8-21-7-4-5-9-23(21)24/h4-15,18,29H,16-17H2,1-3H3,(H,26,28)/b20-15-. The maximum absolute atomic E-state index is 11.6. The molecule has 0 spiro atoms. The topological polar surface area (TPSA) is 71.0 Å². The zero-order chi connectivity index (χ0) is 22.2. The van der Waals surface area contributed by atoms with Crippen LogP contribution >= 0.6 is 0 Å². The predicted molar refractivity (Wildman–Crippen MR) is 122 cm³/mol. The molecule has 0 saturated heterocycles. The lowest BCUT2D eigenvalue weighted by Crippen LogP contribution is -2.32. The molecule has 0 aliphatic heterocycles. The van der Waals surface area contributed by atoms with Crippen LogP contribution in [0, 0.1) is 0 Å². The first-order valence-electron chi connectivity index (χ1n) is 10.2.